The molecule has 3 rings (SSSR count). The number of rotatable bonds is 12. The van der Waals surface area contributed by atoms with Gasteiger partial charge in [-0.2, -0.15) is 12.6 Å². The first-order chi connectivity index (χ1) is 16.9. The van der Waals surface area contributed by atoms with E-state index in [0.717, 1.165) is 18.5 Å². The number of nitrogens with zero attached hydrogens (tertiary/aromatic N) is 1. The molecule has 1 aliphatic rings. The van der Waals surface area contributed by atoms with E-state index in [2.05, 4.69) is 43.9 Å². The number of benzene rings is 1. The Morgan fingerprint density at radius 1 is 1.03 bits per heavy atom. The van der Waals surface area contributed by atoms with Crippen LogP contribution in [0.1, 0.15) is 24.1 Å². The van der Waals surface area contributed by atoms with E-state index in [4.69, 9.17) is 0 Å². The van der Waals surface area contributed by atoms with E-state index in [0.29, 0.717) is 12.1 Å². The third kappa shape index (κ3) is 7.82. The molecule has 0 aliphatic carbocycles. The second kappa shape index (κ2) is 12.9. The van der Waals surface area contributed by atoms with Crippen molar-refractivity contribution in [2.75, 3.05) is 12.3 Å². The number of aromatic nitrogens is 2. The molecular formula is C23H30N6O5S. The molecule has 35 heavy (non-hydrogen) atoms. The van der Waals surface area contributed by atoms with Crippen LogP contribution in [0.4, 0.5) is 0 Å². The molecule has 1 fully saturated rings. The largest absolute Gasteiger partial charge is 0.480 e. The number of carbonyl (C=O) groups is 4. The maximum atomic E-state index is 13.1. The number of nitrogens with one attached hydrogen (secondary N) is 5. The predicted octanol–water partition coefficient (Wildman–Crippen LogP) is -0.584. The van der Waals surface area contributed by atoms with Gasteiger partial charge in [-0.1, -0.05) is 30.3 Å². The SMILES string of the molecule is O=C(O)C(Cc1ccccc1)NC(=O)C(Cc1cnc[nH]1)NC(=O)C(CS)NC(=O)C1CCCN1. The highest BCUT2D eigenvalue weighted by molar-refractivity contribution is 7.80. The van der Waals surface area contributed by atoms with Gasteiger partial charge in [-0.3, -0.25) is 14.4 Å². The standard InChI is InChI=1S/C23H30N6O5S/c30-20(16-7-4-8-25-16)29-19(12-35)22(32)27-17(10-15-11-24-13-26-15)21(31)28-18(23(33)34)9-14-5-2-1-3-6-14/h1-3,5-6,11,13,16-19,25,35H,4,7-10,12H2,(H,24,26)(H,27,32)(H,28,31)(H,29,30)(H,33,34). The summed E-state index contributed by atoms with van der Waals surface area (Å²) in [6.45, 7) is 0.732. The Morgan fingerprint density at radius 3 is 2.34 bits per heavy atom. The number of carboxylic acids is 1. The number of hydrogen-bond donors (Lipinski definition) is 7. The van der Waals surface area contributed by atoms with Gasteiger partial charge < -0.3 is 31.4 Å². The van der Waals surface area contributed by atoms with Crippen molar-refractivity contribution in [1.29, 1.82) is 0 Å². The number of amides is 3. The number of carboxylic acid groups (broad SMARTS) is 1. The van der Waals surface area contributed by atoms with Crippen molar-refractivity contribution in [3.05, 3.63) is 54.1 Å². The van der Waals surface area contributed by atoms with Crippen LogP contribution in [-0.4, -0.2) is 75.2 Å². The van der Waals surface area contributed by atoms with Crippen LogP contribution >= 0.6 is 12.6 Å². The van der Waals surface area contributed by atoms with Gasteiger partial charge in [0.15, 0.2) is 0 Å². The number of imidazole rings is 1. The van der Waals surface area contributed by atoms with Crippen molar-refractivity contribution >= 4 is 36.3 Å². The topological polar surface area (TPSA) is 165 Å². The van der Waals surface area contributed by atoms with Crippen molar-refractivity contribution in [1.82, 2.24) is 31.2 Å². The van der Waals surface area contributed by atoms with Gasteiger partial charge in [-0.15, -0.1) is 0 Å². The van der Waals surface area contributed by atoms with Gasteiger partial charge >= 0.3 is 5.97 Å². The monoisotopic (exact) mass is 502 g/mol. The van der Waals surface area contributed by atoms with E-state index in [1.165, 1.54) is 12.5 Å². The second-order valence-corrected chi connectivity index (χ2v) is 8.69. The van der Waals surface area contributed by atoms with Gasteiger partial charge in [-0.05, 0) is 24.9 Å². The first-order valence-electron chi connectivity index (χ1n) is 11.4. The maximum Gasteiger partial charge on any atom is 0.326 e. The van der Waals surface area contributed by atoms with Crippen LogP contribution in [0.5, 0.6) is 0 Å². The predicted molar refractivity (Wildman–Crippen MR) is 131 cm³/mol. The molecule has 12 heteroatoms. The zero-order valence-corrected chi connectivity index (χ0v) is 20.0. The minimum absolute atomic E-state index is 0.0223. The molecular weight excluding hydrogens is 472 g/mol. The summed E-state index contributed by atoms with van der Waals surface area (Å²) in [7, 11) is 0. The molecule has 2 aromatic rings. The molecule has 6 N–H and O–H groups in total. The normalized spacial score (nSPS) is 17.7. The lowest BCUT2D eigenvalue weighted by Crippen LogP contribution is -2.58. The van der Waals surface area contributed by atoms with Crippen LogP contribution in [-0.2, 0) is 32.0 Å². The van der Waals surface area contributed by atoms with Crippen molar-refractivity contribution in [3.8, 4) is 0 Å². The van der Waals surface area contributed by atoms with Crippen LogP contribution in [0.25, 0.3) is 0 Å². The highest BCUT2D eigenvalue weighted by atomic mass is 32.1. The first kappa shape index (κ1) is 26.2. The lowest BCUT2D eigenvalue weighted by atomic mass is 10.0. The minimum atomic E-state index is -1.20. The minimum Gasteiger partial charge on any atom is -0.480 e. The lowest BCUT2D eigenvalue weighted by Gasteiger charge is -2.24. The van der Waals surface area contributed by atoms with E-state index in [-0.39, 0.29) is 30.5 Å². The molecule has 2 heterocycles. The molecule has 0 saturated carbocycles. The van der Waals surface area contributed by atoms with Gasteiger partial charge in [0.25, 0.3) is 0 Å². The molecule has 188 valence electrons. The van der Waals surface area contributed by atoms with Gasteiger partial charge in [0.1, 0.15) is 18.1 Å². The summed E-state index contributed by atoms with van der Waals surface area (Å²) in [5, 5.41) is 20.5. The quantitative estimate of drug-likeness (QED) is 0.191. The molecule has 4 atom stereocenters. The van der Waals surface area contributed by atoms with Crippen molar-refractivity contribution in [3.63, 3.8) is 0 Å². The number of aromatic amines is 1. The summed E-state index contributed by atoms with van der Waals surface area (Å²) >= 11 is 4.18. The fourth-order valence-corrected chi connectivity index (χ4v) is 4.05. The molecule has 4 unspecified atom stereocenters. The van der Waals surface area contributed by atoms with Crippen LogP contribution in [0.2, 0.25) is 0 Å². The first-order valence-corrected chi connectivity index (χ1v) is 12.0. The average molecular weight is 503 g/mol. The van der Waals surface area contributed by atoms with Crippen LogP contribution in [0.15, 0.2) is 42.9 Å². The third-order valence-corrected chi connectivity index (χ3v) is 6.07. The van der Waals surface area contributed by atoms with Gasteiger partial charge in [0.05, 0.1) is 12.4 Å². The van der Waals surface area contributed by atoms with E-state index < -0.39 is 35.9 Å². The molecule has 1 aliphatic heterocycles. The van der Waals surface area contributed by atoms with Gasteiger partial charge in [0.2, 0.25) is 17.7 Å². The molecule has 3 amide bonds. The third-order valence-electron chi connectivity index (χ3n) is 5.70. The molecule has 1 aromatic heterocycles. The van der Waals surface area contributed by atoms with Crippen LogP contribution in [0.3, 0.4) is 0 Å². The average Bonchev–Trinajstić information content (AvgIpc) is 3.56. The Hall–Kier alpha value is -3.38. The number of aliphatic carboxylic acids is 1. The highest BCUT2D eigenvalue weighted by Crippen LogP contribution is 2.07. The fourth-order valence-electron chi connectivity index (χ4n) is 3.79. The zero-order valence-electron chi connectivity index (χ0n) is 19.1. The van der Waals surface area contributed by atoms with Crippen LogP contribution in [0, 0.1) is 0 Å². The Balaban J connectivity index is 1.69. The van der Waals surface area contributed by atoms with Gasteiger partial charge in [0, 0.05) is 30.5 Å². The fraction of sp³-hybridized carbons (Fsp3) is 0.435. The molecule has 0 bridgehead atoms. The summed E-state index contributed by atoms with van der Waals surface area (Å²) in [6.07, 6.45) is 4.62. The number of hydrogen-bond acceptors (Lipinski definition) is 7. The maximum absolute atomic E-state index is 13.1. The molecule has 0 radical (unpaired) electrons. The smallest absolute Gasteiger partial charge is 0.326 e. The van der Waals surface area contributed by atoms with Crippen LogP contribution < -0.4 is 21.3 Å². The summed E-state index contributed by atoms with van der Waals surface area (Å²) in [4.78, 5) is 57.1. The van der Waals surface area contributed by atoms with E-state index in [1.807, 2.05) is 6.07 Å². The highest BCUT2D eigenvalue weighted by Gasteiger charge is 2.31. The number of carbonyl (C=O) groups excluding carboxylic acids is 3. The molecule has 1 aromatic carbocycles. The Labute approximate surface area is 208 Å². The number of H-pyrrole nitrogens is 1. The zero-order chi connectivity index (χ0) is 25.2. The molecule has 0 spiro atoms. The number of thiol groups is 1. The van der Waals surface area contributed by atoms with Crippen molar-refractivity contribution in [2.24, 2.45) is 0 Å². The Kier molecular flexibility index (Phi) is 9.67. The summed E-state index contributed by atoms with van der Waals surface area (Å²) in [5.74, 6) is -2.74. The molecule has 11 nitrogen and oxygen atoms in total. The Morgan fingerprint density at radius 2 is 1.74 bits per heavy atom. The van der Waals surface area contributed by atoms with E-state index >= 15 is 0 Å². The summed E-state index contributed by atoms with van der Waals surface area (Å²) < 4.78 is 0. The summed E-state index contributed by atoms with van der Waals surface area (Å²) in [5.41, 5.74) is 1.31. The van der Waals surface area contributed by atoms with E-state index in [1.54, 1.807) is 24.3 Å². The van der Waals surface area contributed by atoms with Crippen molar-refractivity contribution in [2.45, 2.75) is 49.9 Å². The summed E-state index contributed by atoms with van der Waals surface area (Å²) in [6, 6.07) is 5.27. The van der Waals surface area contributed by atoms with Gasteiger partial charge in [-0.25, -0.2) is 9.78 Å². The lowest BCUT2D eigenvalue weighted by molar-refractivity contribution is -0.142. The second-order valence-electron chi connectivity index (χ2n) is 8.32. The van der Waals surface area contributed by atoms with E-state index in [9.17, 15) is 24.3 Å². The van der Waals surface area contributed by atoms with Crippen molar-refractivity contribution < 1.29 is 24.3 Å². The Bertz CT molecular complexity index is 997. The molecule has 1 saturated heterocycles.